The van der Waals surface area contributed by atoms with E-state index in [4.69, 9.17) is 9.72 Å². The Hall–Kier alpha value is -5.64. The van der Waals surface area contributed by atoms with E-state index >= 15 is 0 Å². The van der Waals surface area contributed by atoms with Crippen molar-refractivity contribution in [2.45, 2.75) is 111 Å². The van der Waals surface area contributed by atoms with Gasteiger partial charge in [-0.25, -0.2) is 4.98 Å². The number of hydrogen-bond acceptors (Lipinski definition) is 4. The maximum absolute atomic E-state index is 6.96. The summed E-state index contributed by atoms with van der Waals surface area (Å²) in [7, 11) is 0. The van der Waals surface area contributed by atoms with Crippen molar-refractivity contribution in [1.82, 2.24) is 9.55 Å². The standard InChI is InChI=1S/C59H61N4O.Pt/c1-12-59(11,13-2)43-25-28-53-55(34-43)61(44-20-18-19-41(33-44)57(5,6)7)38-62(53)45-31-40(49-22-15-14-21-48(49)39(3)4)32-47(36-45)64-46-26-27-51-50-23-16-17-24-52(50)63(54(51)37-46)56-35-42(29-30-60-56)58(8,9)10;/h14-35,38-39H,12-13H2,1-11H3;/q-3;. The van der Waals surface area contributed by atoms with Crippen molar-refractivity contribution in [1.29, 1.82) is 0 Å². The summed E-state index contributed by atoms with van der Waals surface area (Å²) in [5, 5.41) is 2.24. The average Bonchev–Trinajstić information content (AvgIpc) is 3.84. The summed E-state index contributed by atoms with van der Waals surface area (Å²) in [6.45, 7) is 27.3. The van der Waals surface area contributed by atoms with Gasteiger partial charge in [0.2, 0.25) is 0 Å². The Kier molecular flexibility index (Phi) is 12.5. The summed E-state index contributed by atoms with van der Waals surface area (Å²) < 4.78 is 9.18. The van der Waals surface area contributed by atoms with Crippen molar-refractivity contribution in [3.05, 3.63) is 175 Å². The SMILES string of the molecule is CCC(C)(CC)c1ccc2c(c1)N(c1cccc(C(C)(C)C)c1)[CH-]N2c1[c-]c(Oc2[c-]c3c(cc2)c2ccccc2n3-c2cc(C(C)(C)C)ccn2)cc(-c2ccccc2C(C)C)c1.[Pt]. The van der Waals surface area contributed by atoms with Crippen LogP contribution in [-0.4, -0.2) is 9.55 Å². The van der Waals surface area contributed by atoms with Crippen LogP contribution in [0, 0.1) is 18.8 Å². The minimum absolute atomic E-state index is 0. The number of benzene rings is 6. The van der Waals surface area contributed by atoms with Gasteiger partial charge in [-0.3, -0.25) is 0 Å². The van der Waals surface area contributed by atoms with Crippen LogP contribution in [0.4, 0.5) is 22.7 Å². The smallest absolute Gasteiger partial charge is 0.135 e. The van der Waals surface area contributed by atoms with Crippen molar-refractivity contribution in [2.24, 2.45) is 0 Å². The maximum Gasteiger partial charge on any atom is 0.135 e. The van der Waals surface area contributed by atoms with E-state index in [0.29, 0.717) is 17.4 Å². The number of para-hydroxylation sites is 1. The average molecular weight is 1040 g/mol. The fraction of sp³-hybridized carbons (Fsp3) is 0.288. The minimum Gasteiger partial charge on any atom is -0.509 e. The van der Waals surface area contributed by atoms with Gasteiger partial charge in [-0.2, -0.15) is 6.07 Å². The van der Waals surface area contributed by atoms with Gasteiger partial charge in [0.05, 0.1) is 0 Å². The van der Waals surface area contributed by atoms with Gasteiger partial charge < -0.3 is 19.1 Å². The van der Waals surface area contributed by atoms with Crippen LogP contribution in [0.3, 0.4) is 0 Å². The molecule has 0 saturated heterocycles. The van der Waals surface area contributed by atoms with Gasteiger partial charge >= 0.3 is 0 Å². The molecule has 6 aromatic carbocycles. The quantitative estimate of drug-likeness (QED) is 0.128. The molecular formula is C59H61N4OPt-3. The third-order valence-corrected chi connectivity index (χ3v) is 13.6. The summed E-state index contributed by atoms with van der Waals surface area (Å²) >= 11 is 0. The van der Waals surface area contributed by atoms with E-state index in [1.54, 1.807) is 0 Å². The van der Waals surface area contributed by atoms with E-state index < -0.39 is 0 Å². The number of pyridine rings is 1. The van der Waals surface area contributed by atoms with Gasteiger partial charge in [0, 0.05) is 61.3 Å². The molecule has 0 fully saturated rings. The first kappa shape index (κ1) is 45.9. The van der Waals surface area contributed by atoms with Crippen LogP contribution < -0.4 is 14.5 Å². The third kappa shape index (κ3) is 8.65. The van der Waals surface area contributed by atoms with Crippen molar-refractivity contribution >= 4 is 44.6 Å². The molecule has 0 atom stereocenters. The van der Waals surface area contributed by atoms with Crippen LogP contribution in [-0.2, 0) is 37.3 Å². The number of fused-ring (bicyclic) bond motifs is 4. The number of ether oxygens (including phenoxy) is 1. The molecule has 0 unspecified atom stereocenters. The first-order valence-electron chi connectivity index (χ1n) is 23.0. The zero-order chi connectivity index (χ0) is 45.1. The minimum atomic E-state index is -0.0319. The van der Waals surface area contributed by atoms with Gasteiger partial charge in [-0.05, 0) is 111 Å². The zero-order valence-corrected chi connectivity index (χ0v) is 42.1. The largest absolute Gasteiger partial charge is 0.509 e. The topological polar surface area (TPSA) is 33.5 Å². The van der Waals surface area contributed by atoms with E-state index in [0.717, 1.165) is 68.8 Å². The molecule has 0 radical (unpaired) electrons. The summed E-state index contributed by atoms with van der Waals surface area (Å²) in [5.41, 5.74) is 13.7. The summed E-state index contributed by atoms with van der Waals surface area (Å²) in [6.07, 6.45) is 4.03. The van der Waals surface area contributed by atoms with E-state index in [-0.39, 0.29) is 37.3 Å². The Morgan fingerprint density at radius 1 is 0.631 bits per heavy atom. The molecule has 9 rings (SSSR count). The molecule has 0 saturated carbocycles. The van der Waals surface area contributed by atoms with Gasteiger partial charge in [0.25, 0.3) is 0 Å². The molecule has 6 heteroatoms. The molecular weight excluding hydrogens is 976 g/mol. The molecule has 5 nitrogen and oxygen atoms in total. The van der Waals surface area contributed by atoms with Crippen LogP contribution in [0.15, 0.2) is 134 Å². The van der Waals surface area contributed by atoms with Gasteiger partial charge in [0.1, 0.15) is 5.82 Å². The molecule has 0 spiro atoms. The number of nitrogens with zero attached hydrogens (tertiary/aromatic N) is 4. The molecule has 0 bridgehead atoms. The van der Waals surface area contributed by atoms with Crippen molar-refractivity contribution in [3.63, 3.8) is 0 Å². The number of anilines is 4. The second kappa shape index (κ2) is 17.6. The molecule has 0 amide bonds. The Morgan fingerprint density at radius 2 is 1.35 bits per heavy atom. The zero-order valence-electron chi connectivity index (χ0n) is 39.8. The number of aromatic nitrogens is 2. The molecule has 0 aliphatic carbocycles. The molecule has 8 aromatic rings. The monoisotopic (exact) mass is 1040 g/mol. The maximum atomic E-state index is 6.96. The predicted octanol–water partition coefficient (Wildman–Crippen LogP) is 16.4. The van der Waals surface area contributed by atoms with E-state index in [1.807, 2.05) is 12.3 Å². The number of hydrogen-bond donors (Lipinski definition) is 0. The molecule has 2 aromatic heterocycles. The van der Waals surface area contributed by atoms with Crippen LogP contribution in [0.1, 0.15) is 117 Å². The predicted molar refractivity (Wildman–Crippen MR) is 269 cm³/mol. The second-order valence-corrected chi connectivity index (χ2v) is 20.2. The van der Waals surface area contributed by atoms with Crippen molar-refractivity contribution in [2.75, 3.05) is 9.80 Å². The van der Waals surface area contributed by atoms with Crippen LogP contribution in [0.2, 0.25) is 0 Å². The Labute approximate surface area is 401 Å². The van der Waals surface area contributed by atoms with E-state index in [1.165, 1.54) is 27.8 Å². The first-order valence-corrected chi connectivity index (χ1v) is 23.0. The fourth-order valence-corrected chi connectivity index (χ4v) is 9.14. The van der Waals surface area contributed by atoms with E-state index in [9.17, 15) is 0 Å². The molecule has 0 N–H and O–H groups in total. The second-order valence-electron chi connectivity index (χ2n) is 20.2. The van der Waals surface area contributed by atoms with Crippen LogP contribution in [0.25, 0.3) is 38.8 Å². The molecule has 3 heterocycles. The summed E-state index contributed by atoms with van der Waals surface area (Å²) in [5.74, 6) is 2.40. The molecule has 1 aliphatic heterocycles. The fourth-order valence-electron chi connectivity index (χ4n) is 9.14. The van der Waals surface area contributed by atoms with Gasteiger partial charge in [0.15, 0.2) is 0 Å². The third-order valence-electron chi connectivity index (χ3n) is 13.6. The van der Waals surface area contributed by atoms with Gasteiger partial charge in [-0.1, -0.05) is 142 Å². The Morgan fingerprint density at radius 3 is 2.09 bits per heavy atom. The van der Waals surface area contributed by atoms with E-state index in [2.05, 4.69) is 231 Å². The molecule has 336 valence electrons. The molecule has 65 heavy (non-hydrogen) atoms. The summed E-state index contributed by atoms with van der Waals surface area (Å²) in [6, 6.07) is 53.6. The number of rotatable bonds is 10. The van der Waals surface area contributed by atoms with Crippen molar-refractivity contribution < 1.29 is 25.8 Å². The Balaban J connectivity index is 0.00000576. The normalized spacial score (nSPS) is 13.2. The molecule has 1 aliphatic rings. The van der Waals surface area contributed by atoms with Crippen molar-refractivity contribution in [3.8, 4) is 28.4 Å². The van der Waals surface area contributed by atoms with Crippen LogP contribution in [0.5, 0.6) is 11.5 Å². The Bertz CT molecular complexity index is 3020. The van der Waals surface area contributed by atoms with Crippen LogP contribution >= 0.6 is 0 Å². The van der Waals surface area contributed by atoms with Gasteiger partial charge in [-0.15, -0.1) is 53.6 Å². The summed E-state index contributed by atoms with van der Waals surface area (Å²) in [4.78, 5) is 9.54. The first-order chi connectivity index (χ1) is 30.6.